The molecule has 0 bridgehead atoms. The molecular formula is C19H22F2N4O2. The standard InChI is InChI=1S/C19H22F2N4O2/c20-13-6-7-15(21)14(10-13)19(26)25-9-3-4-12(11-25)17-23-18(27-24-17)16-5-1-2-8-22-16/h6-7,10,12,16,22H,1-5,8-9,11H2/t12-,16?/m0/s1. The summed E-state index contributed by atoms with van der Waals surface area (Å²) in [6.45, 7) is 1.80. The van der Waals surface area contributed by atoms with Crippen LogP contribution in [0.2, 0.25) is 0 Å². The SMILES string of the molecule is O=C(c1cc(F)ccc1F)N1CCC[C@H](c2noc(C3CCCCN3)n2)C1. The Kier molecular flexibility index (Phi) is 5.15. The van der Waals surface area contributed by atoms with Crippen molar-refractivity contribution in [1.82, 2.24) is 20.4 Å². The highest BCUT2D eigenvalue weighted by molar-refractivity contribution is 5.94. The second kappa shape index (κ2) is 7.72. The first-order valence-corrected chi connectivity index (χ1v) is 9.43. The van der Waals surface area contributed by atoms with Crippen LogP contribution in [0.15, 0.2) is 22.7 Å². The molecular weight excluding hydrogens is 354 g/mol. The van der Waals surface area contributed by atoms with Crippen molar-refractivity contribution in [2.45, 2.75) is 44.1 Å². The van der Waals surface area contributed by atoms with E-state index in [4.69, 9.17) is 4.52 Å². The molecule has 2 aromatic rings. The number of carbonyl (C=O) groups excluding carboxylic acids is 1. The van der Waals surface area contributed by atoms with Crippen LogP contribution in [0.3, 0.4) is 0 Å². The van der Waals surface area contributed by atoms with Crippen molar-refractivity contribution in [2.24, 2.45) is 0 Å². The van der Waals surface area contributed by atoms with Crippen LogP contribution < -0.4 is 5.32 Å². The second-order valence-corrected chi connectivity index (χ2v) is 7.21. The number of rotatable bonds is 3. The molecule has 0 saturated carbocycles. The highest BCUT2D eigenvalue weighted by atomic mass is 19.1. The molecule has 1 aromatic carbocycles. The second-order valence-electron chi connectivity index (χ2n) is 7.21. The van der Waals surface area contributed by atoms with Crippen LogP contribution in [-0.4, -0.2) is 40.6 Å². The van der Waals surface area contributed by atoms with Gasteiger partial charge in [0.25, 0.3) is 5.91 Å². The maximum absolute atomic E-state index is 13.9. The highest BCUT2D eigenvalue weighted by Gasteiger charge is 2.31. The zero-order chi connectivity index (χ0) is 18.8. The number of amides is 1. The van der Waals surface area contributed by atoms with Crippen LogP contribution >= 0.6 is 0 Å². The Morgan fingerprint density at radius 3 is 2.93 bits per heavy atom. The summed E-state index contributed by atoms with van der Waals surface area (Å²) >= 11 is 0. The first-order chi connectivity index (χ1) is 13.1. The number of benzene rings is 1. The molecule has 1 aromatic heterocycles. The lowest BCUT2D eigenvalue weighted by molar-refractivity contribution is 0.0698. The minimum atomic E-state index is -0.714. The van der Waals surface area contributed by atoms with E-state index in [1.165, 1.54) is 0 Å². The Morgan fingerprint density at radius 2 is 2.11 bits per heavy atom. The predicted molar refractivity (Wildman–Crippen MR) is 93.1 cm³/mol. The van der Waals surface area contributed by atoms with Gasteiger partial charge in [-0.2, -0.15) is 4.98 Å². The predicted octanol–water partition coefficient (Wildman–Crippen LogP) is 3.18. The van der Waals surface area contributed by atoms with E-state index in [2.05, 4.69) is 15.5 Å². The first-order valence-electron chi connectivity index (χ1n) is 9.43. The topological polar surface area (TPSA) is 71.3 Å². The van der Waals surface area contributed by atoms with E-state index in [1.54, 1.807) is 4.90 Å². The molecule has 2 atom stereocenters. The number of likely N-dealkylation sites (tertiary alicyclic amines) is 1. The number of hydrogen-bond acceptors (Lipinski definition) is 5. The Morgan fingerprint density at radius 1 is 1.22 bits per heavy atom. The molecule has 144 valence electrons. The van der Waals surface area contributed by atoms with Gasteiger partial charge in [-0.1, -0.05) is 11.6 Å². The summed E-state index contributed by atoms with van der Waals surface area (Å²) in [6, 6.07) is 3.02. The molecule has 6 nitrogen and oxygen atoms in total. The van der Waals surface area contributed by atoms with E-state index in [9.17, 15) is 13.6 Å². The molecule has 2 saturated heterocycles. The third-order valence-corrected chi connectivity index (χ3v) is 5.30. The van der Waals surface area contributed by atoms with E-state index in [1.807, 2.05) is 0 Å². The molecule has 8 heteroatoms. The fourth-order valence-corrected chi connectivity index (χ4v) is 3.82. The molecule has 1 amide bonds. The van der Waals surface area contributed by atoms with Crippen LogP contribution in [0.1, 0.15) is 66.1 Å². The summed E-state index contributed by atoms with van der Waals surface area (Å²) in [7, 11) is 0. The summed E-state index contributed by atoms with van der Waals surface area (Å²) < 4.78 is 32.8. The van der Waals surface area contributed by atoms with Gasteiger partial charge in [-0.15, -0.1) is 0 Å². The third-order valence-electron chi connectivity index (χ3n) is 5.30. The third kappa shape index (κ3) is 3.85. The van der Waals surface area contributed by atoms with Crippen LogP contribution in [0.5, 0.6) is 0 Å². The fraction of sp³-hybridized carbons (Fsp3) is 0.526. The first kappa shape index (κ1) is 18.0. The molecule has 1 N–H and O–H groups in total. The number of halogens is 2. The Bertz CT molecular complexity index is 820. The Hall–Kier alpha value is -2.35. The van der Waals surface area contributed by atoms with Gasteiger partial charge in [-0.05, 0) is 50.4 Å². The lowest BCUT2D eigenvalue weighted by Crippen LogP contribution is -2.39. The quantitative estimate of drug-likeness (QED) is 0.891. The van der Waals surface area contributed by atoms with Gasteiger partial charge >= 0.3 is 0 Å². The van der Waals surface area contributed by atoms with Gasteiger partial charge in [0.1, 0.15) is 11.6 Å². The summed E-state index contributed by atoms with van der Waals surface area (Å²) in [5.74, 6) is -0.751. The minimum Gasteiger partial charge on any atom is -0.338 e. The van der Waals surface area contributed by atoms with Crippen molar-refractivity contribution in [3.63, 3.8) is 0 Å². The van der Waals surface area contributed by atoms with Crippen molar-refractivity contribution in [3.05, 3.63) is 47.1 Å². The smallest absolute Gasteiger partial charge is 0.256 e. The molecule has 2 aliphatic heterocycles. The van der Waals surface area contributed by atoms with Crippen molar-refractivity contribution in [2.75, 3.05) is 19.6 Å². The molecule has 3 heterocycles. The van der Waals surface area contributed by atoms with Gasteiger partial charge < -0.3 is 14.7 Å². The number of aromatic nitrogens is 2. The van der Waals surface area contributed by atoms with Gasteiger partial charge in [0.2, 0.25) is 5.89 Å². The van der Waals surface area contributed by atoms with E-state index in [0.29, 0.717) is 24.8 Å². The molecule has 27 heavy (non-hydrogen) atoms. The van der Waals surface area contributed by atoms with E-state index < -0.39 is 17.5 Å². The minimum absolute atomic E-state index is 0.0691. The van der Waals surface area contributed by atoms with Crippen LogP contribution in [-0.2, 0) is 0 Å². The number of nitrogens with zero attached hydrogens (tertiary/aromatic N) is 3. The average Bonchev–Trinajstić information content (AvgIpc) is 3.20. The van der Waals surface area contributed by atoms with Gasteiger partial charge in [-0.25, -0.2) is 8.78 Å². The zero-order valence-corrected chi connectivity index (χ0v) is 15.0. The average molecular weight is 376 g/mol. The van der Waals surface area contributed by atoms with Crippen molar-refractivity contribution in [1.29, 1.82) is 0 Å². The monoisotopic (exact) mass is 376 g/mol. The molecule has 0 spiro atoms. The highest BCUT2D eigenvalue weighted by Crippen LogP contribution is 2.28. The molecule has 0 radical (unpaired) electrons. The van der Waals surface area contributed by atoms with Crippen molar-refractivity contribution < 1.29 is 18.1 Å². The van der Waals surface area contributed by atoms with Crippen LogP contribution in [0, 0.1) is 11.6 Å². The van der Waals surface area contributed by atoms with Gasteiger partial charge in [0.05, 0.1) is 11.6 Å². The van der Waals surface area contributed by atoms with E-state index in [0.717, 1.165) is 56.8 Å². The number of nitrogens with one attached hydrogen (secondary N) is 1. The van der Waals surface area contributed by atoms with Gasteiger partial charge in [0, 0.05) is 19.0 Å². The van der Waals surface area contributed by atoms with Crippen LogP contribution in [0.25, 0.3) is 0 Å². The van der Waals surface area contributed by atoms with E-state index >= 15 is 0 Å². The van der Waals surface area contributed by atoms with Crippen molar-refractivity contribution in [3.8, 4) is 0 Å². The van der Waals surface area contributed by atoms with Gasteiger partial charge in [-0.3, -0.25) is 4.79 Å². The molecule has 2 fully saturated rings. The lowest BCUT2D eigenvalue weighted by atomic mass is 9.96. The summed E-state index contributed by atoms with van der Waals surface area (Å²) in [5, 5.41) is 7.49. The van der Waals surface area contributed by atoms with Crippen molar-refractivity contribution >= 4 is 5.91 Å². The zero-order valence-electron chi connectivity index (χ0n) is 15.0. The largest absolute Gasteiger partial charge is 0.338 e. The number of carbonyl (C=O) groups is 1. The summed E-state index contributed by atoms with van der Waals surface area (Å²) in [4.78, 5) is 18.7. The molecule has 2 aliphatic rings. The summed E-state index contributed by atoms with van der Waals surface area (Å²) in [5.41, 5.74) is -0.240. The van der Waals surface area contributed by atoms with Crippen LogP contribution in [0.4, 0.5) is 8.78 Å². The fourth-order valence-electron chi connectivity index (χ4n) is 3.82. The van der Waals surface area contributed by atoms with E-state index in [-0.39, 0.29) is 17.5 Å². The normalized spacial score (nSPS) is 23.4. The Balaban J connectivity index is 1.47. The maximum atomic E-state index is 13.9. The summed E-state index contributed by atoms with van der Waals surface area (Å²) in [6.07, 6.45) is 4.81. The maximum Gasteiger partial charge on any atom is 0.256 e. The molecule has 1 unspecified atom stereocenters. The molecule has 4 rings (SSSR count). The lowest BCUT2D eigenvalue weighted by Gasteiger charge is -2.31. The number of piperidine rings is 2. The Labute approximate surface area is 155 Å². The van der Waals surface area contributed by atoms with Gasteiger partial charge in [0.15, 0.2) is 5.82 Å². The number of hydrogen-bond donors (Lipinski definition) is 1. The molecule has 0 aliphatic carbocycles.